The summed E-state index contributed by atoms with van der Waals surface area (Å²) in [5.74, 6) is 1.41. The third-order valence-electron chi connectivity index (χ3n) is 4.64. The molecule has 0 N–H and O–H groups in total. The normalized spacial score (nSPS) is 11.2. The fourth-order valence-corrected chi connectivity index (χ4v) is 3.55. The third kappa shape index (κ3) is 4.15. The van der Waals surface area contributed by atoms with Crippen molar-refractivity contribution in [3.8, 4) is 22.9 Å². The van der Waals surface area contributed by atoms with E-state index >= 15 is 0 Å². The van der Waals surface area contributed by atoms with Gasteiger partial charge >= 0.3 is 0 Å². The molecule has 0 aliphatic rings. The Labute approximate surface area is 184 Å². The average molecular weight is 434 g/mol. The zero-order valence-corrected chi connectivity index (χ0v) is 17.8. The van der Waals surface area contributed by atoms with E-state index in [9.17, 15) is 4.79 Å². The number of hydrogen-bond donors (Lipinski definition) is 0. The number of nitrogens with zero attached hydrogens (tertiary/aromatic N) is 3. The van der Waals surface area contributed by atoms with Crippen molar-refractivity contribution in [2.45, 2.75) is 6.92 Å². The SMILES string of the molecule is CCOc1cc(C=Nn2c(-c3ccccc3)nc3ccccc3c2=O)cc(Cl)c1OC. The summed E-state index contributed by atoms with van der Waals surface area (Å²) in [6.45, 7) is 2.33. The molecule has 0 aliphatic heterocycles. The lowest BCUT2D eigenvalue weighted by Crippen LogP contribution is -2.20. The van der Waals surface area contributed by atoms with E-state index in [0.717, 1.165) is 5.56 Å². The molecule has 0 saturated carbocycles. The van der Waals surface area contributed by atoms with Gasteiger partial charge in [-0.1, -0.05) is 54.1 Å². The van der Waals surface area contributed by atoms with Crippen molar-refractivity contribution in [3.05, 3.63) is 87.7 Å². The summed E-state index contributed by atoms with van der Waals surface area (Å²) in [4.78, 5) is 17.9. The van der Waals surface area contributed by atoms with E-state index in [1.54, 1.807) is 30.5 Å². The molecule has 6 nitrogen and oxygen atoms in total. The first-order valence-electron chi connectivity index (χ1n) is 9.74. The number of benzene rings is 3. The summed E-state index contributed by atoms with van der Waals surface area (Å²) in [5.41, 5.74) is 1.80. The molecule has 0 bridgehead atoms. The van der Waals surface area contributed by atoms with E-state index in [1.807, 2.05) is 49.4 Å². The summed E-state index contributed by atoms with van der Waals surface area (Å²) in [6.07, 6.45) is 1.55. The molecule has 0 saturated heterocycles. The first-order valence-corrected chi connectivity index (χ1v) is 10.1. The first kappa shape index (κ1) is 20.6. The van der Waals surface area contributed by atoms with Gasteiger partial charge in [-0.3, -0.25) is 4.79 Å². The monoisotopic (exact) mass is 433 g/mol. The molecule has 1 heterocycles. The second kappa shape index (κ2) is 9.02. The molecule has 0 aliphatic carbocycles. The molecule has 0 fully saturated rings. The number of halogens is 1. The molecule has 3 aromatic carbocycles. The lowest BCUT2D eigenvalue weighted by molar-refractivity contribution is 0.311. The minimum Gasteiger partial charge on any atom is -0.491 e. The van der Waals surface area contributed by atoms with Crippen LogP contribution in [0.3, 0.4) is 0 Å². The lowest BCUT2D eigenvalue weighted by atomic mass is 10.2. The number of aromatic nitrogens is 2. The quantitative estimate of drug-likeness (QED) is 0.401. The number of ether oxygens (including phenoxy) is 2. The highest BCUT2D eigenvalue weighted by molar-refractivity contribution is 6.32. The molecule has 7 heteroatoms. The molecular weight excluding hydrogens is 414 g/mol. The van der Waals surface area contributed by atoms with Crippen molar-refractivity contribution in [3.63, 3.8) is 0 Å². The van der Waals surface area contributed by atoms with Crippen LogP contribution in [0.5, 0.6) is 11.5 Å². The zero-order chi connectivity index (χ0) is 21.8. The molecule has 4 rings (SSSR count). The molecular formula is C24H20ClN3O3. The summed E-state index contributed by atoms with van der Waals surface area (Å²) in [7, 11) is 1.53. The van der Waals surface area contributed by atoms with Gasteiger partial charge in [-0.05, 0) is 36.8 Å². The van der Waals surface area contributed by atoms with Gasteiger partial charge in [0.25, 0.3) is 5.56 Å². The first-order chi connectivity index (χ1) is 15.1. The highest BCUT2D eigenvalue weighted by Gasteiger charge is 2.13. The summed E-state index contributed by atoms with van der Waals surface area (Å²) >= 11 is 6.34. The number of para-hydroxylation sites is 1. The second-order valence-corrected chi connectivity index (χ2v) is 7.05. The molecule has 0 atom stereocenters. The molecule has 4 aromatic rings. The minimum atomic E-state index is -0.259. The highest BCUT2D eigenvalue weighted by atomic mass is 35.5. The molecule has 0 radical (unpaired) electrons. The van der Waals surface area contributed by atoms with Crippen molar-refractivity contribution >= 4 is 28.7 Å². The van der Waals surface area contributed by atoms with E-state index < -0.39 is 0 Å². The molecule has 156 valence electrons. The Hall–Kier alpha value is -3.64. The number of fused-ring (bicyclic) bond motifs is 1. The van der Waals surface area contributed by atoms with Gasteiger partial charge < -0.3 is 9.47 Å². The third-order valence-corrected chi connectivity index (χ3v) is 4.92. The van der Waals surface area contributed by atoms with Gasteiger partial charge in [0.1, 0.15) is 0 Å². The Bertz CT molecular complexity index is 1320. The van der Waals surface area contributed by atoms with Crippen molar-refractivity contribution in [2.24, 2.45) is 5.10 Å². The van der Waals surface area contributed by atoms with Crippen LogP contribution < -0.4 is 15.0 Å². The van der Waals surface area contributed by atoms with Crippen molar-refractivity contribution in [2.75, 3.05) is 13.7 Å². The fourth-order valence-electron chi connectivity index (χ4n) is 3.25. The van der Waals surface area contributed by atoms with Crippen molar-refractivity contribution in [1.29, 1.82) is 0 Å². The maximum atomic E-state index is 13.2. The molecule has 0 unspecified atom stereocenters. The second-order valence-electron chi connectivity index (χ2n) is 6.65. The lowest BCUT2D eigenvalue weighted by Gasteiger charge is -2.12. The van der Waals surface area contributed by atoms with Crippen LogP contribution in [0.25, 0.3) is 22.3 Å². The Morgan fingerprint density at radius 1 is 1.10 bits per heavy atom. The molecule has 0 spiro atoms. The summed E-state index contributed by atoms with van der Waals surface area (Å²) < 4.78 is 12.2. The fraction of sp³-hybridized carbons (Fsp3) is 0.125. The van der Waals surface area contributed by atoms with Crippen LogP contribution in [0.1, 0.15) is 12.5 Å². The van der Waals surface area contributed by atoms with Crippen LogP contribution in [-0.4, -0.2) is 29.6 Å². The van der Waals surface area contributed by atoms with Crippen LogP contribution in [0.15, 0.2) is 76.6 Å². The van der Waals surface area contributed by atoms with E-state index in [0.29, 0.717) is 45.4 Å². The number of rotatable bonds is 6. The molecule has 1 aromatic heterocycles. The minimum absolute atomic E-state index is 0.259. The van der Waals surface area contributed by atoms with Gasteiger partial charge in [-0.2, -0.15) is 9.78 Å². The average Bonchev–Trinajstić information content (AvgIpc) is 2.79. The van der Waals surface area contributed by atoms with Gasteiger partial charge in [-0.15, -0.1) is 0 Å². The van der Waals surface area contributed by atoms with Gasteiger partial charge in [-0.25, -0.2) is 4.98 Å². The van der Waals surface area contributed by atoms with Gasteiger partial charge in [0.05, 0.1) is 35.9 Å². The van der Waals surface area contributed by atoms with Crippen LogP contribution in [0, 0.1) is 0 Å². The van der Waals surface area contributed by atoms with Crippen LogP contribution >= 0.6 is 11.6 Å². The predicted molar refractivity (Wildman–Crippen MR) is 124 cm³/mol. The number of hydrogen-bond acceptors (Lipinski definition) is 5. The summed E-state index contributed by atoms with van der Waals surface area (Å²) in [5, 5.41) is 5.34. The van der Waals surface area contributed by atoms with E-state index in [4.69, 9.17) is 21.1 Å². The Morgan fingerprint density at radius 2 is 1.84 bits per heavy atom. The Morgan fingerprint density at radius 3 is 2.58 bits per heavy atom. The standard InChI is InChI=1S/C24H20ClN3O3/c1-3-31-21-14-16(13-19(25)22(21)30-2)15-26-28-23(17-9-5-4-6-10-17)27-20-12-8-7-11-18(20)24(28)29/h4-15H,3H2,1-2H3. The van der Waals surface area contributed by atoms with Crippen LogP contribution in [0.4, 0.5) is 0 Å². The van der Waals surface area contributed by atoms with Crippen molar-refractivity contribution in [1.82, 2.24) is 9.66 Å². The van der Waals surface area contributed by atoms with Crippen LogP contribution in [-0.2, 0) is 0 Å². The van der Waals surface area contributed by atoms with Gasteiger partial charge in [0.2, 0.25) is 0 Å². The Kier molecular flexibility index (Phi) is 6.00. The smallest absolute Gasteiger partial charge is 0.282 e. The van der Waals surface area contributed by atoms with Crippen molar-refractivity contribution < 1.29 is 9.47 Å². The van der Waals surface area contributed by atoms with E-state index in [-0.39, 0.29) is 5.56 Å². The van der Waals surface area contributed by atoms with Crippen LogP contribution in [0.2, 0.25) is 5.02 Å². The molecule has 0 amide bonds. The zero-order valence-electron chi connectivity index (χ0n) is 17.1. The predicted octanol–water partition coefficient (Wildman–Crippen LogP) is 5.01. The topological polar surface area (TPSA) is 65.7 Å². The maximum absolute atomic E-state index is 13.2. The van der Waals surface area contributed by atoms with E-state index in [1.165, 1.54) is 11.8 Å². The van der Waals surface area contributed by atoms with Gasteiger partial charge in [0, 0.05) is 5.56 Å². The number of methoxy groups -OCH3 is 1. The van der Waals surface area contributed by atoms with Gasteiger partial charge in [0.15, 0.2) is 17.3 Å². The Balaban J connectivity index is 1.88. The maximum Gasteiger partial charge on any atom is 0.282 e. The molecule has 31 heavy (non-hydrogen) atoms. The highest BCUT2D eigenvalue weighted by Crippen LogP contribution is 2.36. The largest absolute Gasteiger partial charge is 0.491 e. The summed E-state index contributed by atoms with van der Waals surface area (Å²) in [6, 6.07) is 20.1. The van der Waals surface area contributed by atoms with E-state index in [2.05, 4.69) is 10.1 Å².